The molecular formula is C34H67N2O6P. The molecule has 3 atom stereocenters. The van der Waals surface area contributed by atoms with Gasteiger partial charge in [0.25, 0.3) is 7.82 Å². The normalized spacial score (nSPS) is 15.2. The maximum absolute atomic E-state index is 12.6. The lowest BCUT2D eigenvalue weighted by molar-refractivity contribution is -0.870. The van der Waals surface area contributed by atoms with E-state index in [1.807, 2.05) is 27.2 Å². The van der Waals surface area contributed by atoms with Crippen molar-refractivity contribution in [2.75, 3.05) is 40.9 Å². The number of phosphoric ester groups is 1. The molecule has 0 aromatic carbocycles. The Balaban J connectivity index is 4.67. The first-order valence-electron chi connectivity index (χ1n) is 17.2. The minimum Gasteiger partial charge on any atom is -0.756 e. The van der Waals surface area contributed by atoms with Crippen molar-refractivity contribution in [2.24, 2.45) is 0 Å². The van der Waals surface area contributed by atoms with Crippen molar-refractivity contribution in [1.29, 1.82) is 0 Å². The molecule has 0 heterocycles. The van der Waals surface area contributed by atoms with E-state index in [4.69, 9.17) is 9.05 Å². The lowest BCUT2D eigenvalue weighted by Crippen LogP contribution is -2.45. The summed E-state index contributed by atoms with van der Waals surface area (Å²) >= 11 is 0. The Morgan fingerprint density at radius 2 is 1.28 bits per heavy atom. The van der Waals surface area contributed by atoms with Gasteiger partial charge in [-0.05, 0) is 38.5 Å². The van der Waals surface area contributed by atoms with Crippen LogP contribution in [0.5, 0.6) is 0 Å². The van der Waals surface area contributed by atoms with Crippen LogP contribution in [0.3, 0.4) is 0 Å². The van der Waals surface area contributed by atoms with E-state index in [1.54, 1.807) is 6.08 Å². The summed E-state index contributed by atoms with van der Waals surface area (Å²) in [6, 6.07) is -0.894. The summed E-state index contributed by atoms with van der Waals surface area (Å²) in [4.78, 5) is 25.0. The number of phosphoric acid groups is 1. The molecule has 0 rings (SSSR count). The van der Waals surface area contributed by atoms with Crippen molar-refractivity contribution in [1.82, 2.24) is 5.32 Å². The second kappa shape index (κ2) is 27.3. The first-order chi connectivity index (χ1) is 20.5. The standard InChI is InChI=1S/C34H67N2O6P/c1-6-8-10-12-14-16-17-18-20-21-23-25-27-33(37)32(31-42-43(39,40)41-30-29-36(3,4)5)35-34(38)28-26-24-22-19-15-13-11-9-7-2/h19,22,25,27,32-33,37H,6-18,20-21,23-24,26,28-31H2,1-5H3,(H-,35,38,39,40)/b22-19-,27-25+. The number of amides is 1. The summed E-state index contributed by atoms with van der Waals surface area (Å²) in [5.74, 6) is -0.237. The van der Waals surface area contributed by atoms with Gasteiger partial charge in [0.2, 0.25) is 5.91 Å². The van der Waals surface area contributed by atoms with Gasteiger partial charge in [-0.15, -0.1) is 0 Å². The molecule has 2 N–H and O–H groups in total. The van der Waals surface area contributed by atoms with Crippen LogP contribution in [0.1, 0.15) is 136 Å². The minimum atomic E-state index is -4.57. The molecule has 0 aliphatic carbocycles. The topological polar surface area (TPSA) is 108 Å². The van der Waals surface area contributed by atoms with E-state index in [-0.39, 0.29) is 12.5 Å². The van der Waals surface area contributed by atoms with Crippen LogP contribution >= 0.6 is 7.82 Å². The lowest BCUT2D eigenvalue weighted by atomic mass is 10.1. The Morgan fingerprint density at radius 1 is 0.791 bits per heavy atom. The van der Waals surface area contributed by atoms with Gasteiger partial charge in [0.15, 0.2) is 0 Å². The molecule has 0 saturated heterocycles. The predicted molar refractivity (Wildman–Crippen MR) is 178 cm³/mol. The fraction of sp³-hybridized carbons (Fsp3) is 0.853. The number of nitrogens with one attached hydrogen (secondary N) is 1. The molecule has 0 aromatic heterocycles. The van der Waals surface area contributed by atoms with Crippen molar-refractivity contribution < 1.29 is 32.9 Å². The summed E-state index contributed by atoms with van der Waals surface area (Å²) < 4.78 is 22.9. The number of unbranched alkanes of at least 4 members (excludes halogenated alkanes) is 15. The molecule has 43 heavy (non-hydrogen) atoms. The van der Waals surface area contributed by atoms with Gasteiger partial charge in [0.1, 0.15) is 13.2 Å². The van der Waals surface area contributed by atoms with Gasteiger partial charge in [-0.25, -0.2) is 0 Å². The quantitative estimate of drug-likeness (QED) is 0.0366. The molecule has 0 aliphatic heterocycles. The van der Waals surface area contributed by atoms with Gasteiger partial charge in [0.05, 0.1) is 39.9 Å². The van der Waals surface area contributed by atoms with Crippen molar-refractivity contribution in [3.05, 3.63) is 24.3 Å². The number of quaternary nitrogens is 1. The second-order valence-corrected chi connectivity index (χ2v) is 14.3. The molecular weight excluding hydrogens is 563 g/mol. The van der Waals surface area contributed by atoms with Gasteiger partial charge in [0, 0.05) is 6.42 Å². The maximum atomic E-state index is 12.6. The Morgan fingerprint density at radius 3 is 1.84 bits per heavy atom. The smallest absolute Gasteiger partial charge is 0.268 e. The fourth-order valence-corrected chi connectivity index (χ4v) is 5.29. The molecule has 0 fully saturated rings. The molecule has 9 heteroatoms. The molecule has 8 nitrogen and oxygen atoms in total. The van der Waals surface area contributed by atoms with Crippen LogP contribution < -0.4 is 10.2 Å². The monoisotopic (exact) mass is 630 g/mol. The third-order valence-electron chi connectivity index (χ3n) is 7.41. The van der Waals surface area contributed by atoms with Crippen molar-refractivity contribution in [2.45, 2.75) is 148 Å². The number of likely N-dealkylation sites (N-methyl/N-ethyl adjacent to an activating group) is 1. The van der Waals surface area contributed by atoms with E-state index < -0.39 is 26.6 Å². The second-order valence-electron chi connectivity index (χ2n) is 12.9. The number of aliphatic hydroxyl groups excluding tert-OH is 1. The molecule has 0 aliphatic rings. The largest absolute Gasteiger partial charge is 0.756 e. The number of carbonyl (C=O) groups excluding carboxylic acids is 1. The molecule has 3 unspecified atom stereocenters. The Bertz CT molecular complexity index is 768. The molecule has 254 valence electrons. The number of carbonyl (C=O) groups is 1. The first kappa shape index (κ1) is 42.0. The third-order valence-corrected chi connectivity index (χ3v) is 8.37. The Kier molecular flexibility index (Phi) is 26.7. The summed E-state index contributed by atoms with van der Waals surface area (Å²) in [6.45, 7) is 4.54. The first-order valence-corrected chi connectivity index (χ1v) is 18.7. The zero-order valence-electron chi connectivity index (χ0n) is 28.4. The highest BCUT2D eigenvalue weighted by Gasteiger charge is 2.23. The van der Waals surface area contributed by atoms with Crippen LogP contribution in [-0.4, -0.2) is 68.5 Å². The van der Waals surface area contributed by atoms with Crippen LogP contribution in [0, 0.1) is 0 Å². The summed E-state index contributed by atoms with van der Waals surface area (Å²) in [6.07, 6.45) is 28.0. The van der Waals surface area contributed by atoms with E-state index >= 15 is 0 Å². The van der Waals surface area contributed by atoms with Crippen LogP contribution in [0.25, 0.3) is 0 Å². The van der Waals surface area contributed by atoms with Crippen LogP contribution in [0.2, 0.25) is 0 Å². The minimum absolute atomic E-state index is 0.00522. The van der Waals surface area contributed by atoms with Gasteiger partial charge < -0.3 is 28.8 Å². The van der Waals surface area contributed by atoms with E-state index in [9.17, 15) is 19.4 Å². The van der Waals surface area contributed by atoms with E-state index in [2.05, 4.69) is 31.3 Å². The number of hydrogen-bond acceptors (Lipinski definition) is 6. The van der Waals surface area contributed by atoms with Crippen molar-refractivity contribution in [3.63, 3.8) is 0 Å². The zero-order chi connectivity index (χ0) is 32.2. The number of allylic oxidation sites excluding steroid dienone is 3. The third kappa shape index (κ3) is 29.5. The molecule has 0 bridgehead atoms. The van der Waals surface area contributed by atoms with Gasteiger partial charge >= 0.3 is 0 Å². The summed E-state index contributed by atoms with van der Waals surface area (Å²) in [5.41, 5.74) is 0. The highest BCUT2D eigenvalue weighted by molar-refractivity contribution is 7.45. The van der Waals surface area contributed by atoms with Gasteiger partial charge in [-0.3, -0.25) is 9.36 Å². The molecule has 0 saturated carbocycles. The van der Waals surface area contributed by atoms with E-state index in [0.717, 1.165) is 32.1 Å². The molecule has 0 aromatic rings. The summed E-state index contributed by atoms with van der Waals surface area (Å²) in [5, 5.41) is 13.6. The zero-order valence-corrected chi connectivity index (χ0v) is 29.3. The van der Waals surface area contributed by atoms with Crippen molar-refractivity contribution >= 4 is 13.7 Å². The number of hydrogen-bond donors (Lipinski definition) is 2. The van der Waals surface area contributed by atoms with Crippen LogP contribution in [0.15, 0.2) is 24.3 Å². The molecule has 0 spiro atoms. The highest BCUT2D eigenvalue weighted by Crippen LogP contribution is 2.38. The van der Waals surface area contributed by atoms with Crippen molar-refractivity contribution in [3.8, 4) is 0 Å². The average Bonchev–Trinajstić information content (AvgIpc) is 2.94. The van der Waals surface area contributed by atoms with E-state index in [0.29, 0.717) is 23.9 Å². The van der Waals surface area contributed by atoms with Gasteiger partial charge in [-0.2, -0.15) is 0 Å². The average molecular weight is 631 g/mol. The maximum Gasteiger partial charge on any atom is 0.268 e. The number of nitrogens with zero attached hydrogens (tertiary/aromatic N) is 1. The Hall–Kier alpha value is -1.02. The molecule has 1 amide bonds. The van der Waals surface area contributed by atoms with Crippen LogP contribution in [0.4, 0.5) is 0 Å². The Labute approximate surface area is 264 Å². The fourth-order valence-electron chi connectivity index (χ4n) is 4.56. The molecule has 0 radical (unpaired) electrons. The summed E-state index contributed by atoms with van der Waals surface area (Å²) in [7, 11) is 1.24. The SMILES string of the molecule is CCCCCC/C=C\CCCC(=O)NC(COP(=O)([O-])OCC[N+](C)(C)C)C(O)/C=C/CCCCCCCCCCCC. The number of aliphatic hydroxyl groups is 1. The van der Waals surface area contributed by atoms with E-state index in [1.165, 1.54) is 77.0 Å². The predicted octanol–water partition coefficient (Wildman–Crippen LogP) is 7.60. The van der Waals surface area contributed by atoms with Gasteiger partial charge in [-0.1, -0.05) is 115 Å². The van der Waals surface area contributed by atoms with Crippen LogP contribution in [-0.2, 0) is 18.4 Å². The highest BCUT2D eigenvalue weighted by atomic mass is 31.2. The number of rotatable bonds is 30. The lowest BCUT2D eigenvalue weighted by Gasteiger charge is -2.29.